The highest BCUT2D eigenvalue weighted by Crippen LogP contribution is 2.35. The van der Waals surface area contributed by atoms with Crippen LogP contribution < -0.4 is 23.8 Å². The number of hydrogen-bond donors (Lipinski definition) is 1. The zero-order chi connectivity index (χ0) is 30.1. The van der Waals surface area contributed by atoms with Crippen molar-refractivity contribution < 1.29 is 32.2 Å². The molecule has 1 N–H and O–H groups in total. The molecule has 10 nitrogen and oxygen atoms in total. The van der Waals surface area contributed by atoms with E-state index in [1.54, 1.807) is 43.5 Å². The Morgan fingerprint density at radius 2 is 1.64 bits per heavy atom. The Labute approximate surface area is 247 Å². The van der Waals surface area contributed by atoms with Crippen molar-refractivity contribution in [1.29, 1.82) is 0 Å². The average molecular weight is 596 g/mol. The van der Waals surface area contributed by atoms with Crippen LogP contribution in [0.15, 0.2) is 72.8 Å². The molecule has 3 aromatic carbocycles. The molecule has 0 saturated carbocycles. The topological polar surface area (TPSA) is 114 Å². The van der Waals surface area contributed by atoms with Gasteiger partial charge in [0.05, 0.1) is 18.6 Å². The normalized spacial score (nSPS) is 13.1. The Balaban J connectivity index is 1.74. The first-order valence-corrected chi connectivity index (χ1v) is 15.5. The maximum absolute atomic E-state index is 14.2. The third kappa shape index (κ3) is 7.52. The Kier molecular flexibility index (Phi) is 10.3. The van der Waals surface area contributed by atoms with Crippen LogP contribution in [0.25, 0.3) is 0 Å². The van der Waals surface area contributed by atoms with E-state index in [0.717, 1.165) is 15.4 Å². The van der Waals surface area contributed by atoms with Crippen LogP contribution in [0.3, 0.4) is 0 Å². The lowest BCUT2D eigenvalue weighted by Gasteiger charge is -2.34. The first-order chi connectivity index (χ1) is 20.2. The van der Waals surface area contributed by atoms with E-state index in [2.05, 4.69) is 5.32 Å². The molecule has 0 unspecified atom stereocenters. The number of amides is 2. The summed E-state index contributed by atoms with van der Waals surface area (Å²) >= 11 is 0. The summed E-state index contributed by atoms with van der Waals surface area (Å²) < 4.78 is 44.4. The summed E-state index contributed by atoms with van der Waals surface area (Å²) in [5, 5.41) is 2.85. The molecule has 0 radical (unpaired) electrons. The third-order valence-electron chi connectivity index (χ3n) is 6.90. The highest BCUT2D eigenvalue weighted by Gasteiger charge is 2.34. The first-order valence-electron chi connectivity index (χ1n) is 13.9. The molecule has 2 amide bonds. The second-order valence-corrected chi connectivity index (χ2v) is 11.9. The van der Waals surface area contributed by atoms with Gasteiger partial charge in [-0.3, -0.25) is 13.9 Å². The third-order valence-corrected chi connectivity index (χ3v) is 8.64. The van der Waals surface area contributed by atoms with E-state index >= 15 is 0 Å². The standard InChI is InChI=1S/C31H37N3O7S/c1-4-32-31(36)27(19-23-10-7-6-8-11-23)33(21-24-12-9-13-26(18-24)39-3)30(35)22-34(42(37,38)5-2)25-14-15-28-29(20-25)41-17-16-40-28/h6-15,18,20,27H,4-5,16-17,19,21-22H2,1-3H3,(H,32,36)/t27-/m1/s1. The fourth-order valence-electron chi connectivity index (χ4n) is 4.72. The summed E-state index contributed by atoms with van der Waals surface area (Å²) in [6.45, 7) is 3.98. The van der Waals surface area contributed by atoms with Gasteiger partial charge < -0.3 is 24.4 Å². The number of nitrogens with zero attached hydrogens (tertiary/aromatic N) is 2. The molecule has 11 heteroatoms. The van der Waals surface area contributed by atoms with Crippen molar-refractivity contribution in [2.75, 3.05) is 43.5 Å². The van der Waals surface area contributed by atoms with Crippen molar-refractivity contribution in [2.24, 2.45) is 0 Å². The highest BCUT2D eigenvalue weighted by atomic mass is 32.2. The summed E-state index contributed by atoms with van der Waals surface area (Å²) in [5.74, 6) is 0.417. The lowest BCUT2D eigenvalue weighted by atomic mass is 10.0. The van der Waals surface area contributed by atoms with Gasteiger partial charge >= 0.3 is 0 Å². The molecule has 224 valence electrons. The molecule has 42 heavy (non-hydrogen) atoms. The van der Waals surface area contributed by atoms with Crippen LogP contribution >= 0.6 is 0 Å². The molecule has 0 fully saturated rings. The molecule has 1 atom stereocenters. The van der Waals surface area contributed by atoms with Crippen molar-refractivity contribution in [3.63, 3.8) is 0 Å². The van der Waals surface area contributed by atoms with E-state index in [9.17, 15) is 18.0 Å². The Bertz CT molecular complexity index is 1480. The largest absolute Gasteiger partial charge is 0.497 e. The molecule has 1 aliphatic heterocycles. The van der Waals surface area contributed by atoms with Crippen LogP contribution in [-0.4, -0.2) is 70.3 Å². The number of sulfonamides is 1. The number of nitrogens with one attached hydrogen (secondary N) is 1. The molecule has 1 heterocycles. The number of ether oxygens (including phenoxy) is 3. The van der Waals surface area contributed by atoms with Crippen LogP contribution in [0.1, 0.15) is 25.0 Å². The first kappa shape index (κ1) is 30.7. The maximum atomic E-state index is 14.2. The minimum absolute atomic E-state index is 0.0613. The molecule has 0 bridgehead atoms. The van der Waals surface area contributed by atoms with Gasteiger partial charge in [0.15, 0.2) is 11.5 Å². The van der Waals surface area contributed by atoms with E-state index in [0.29, 0.717) is 37.0 Å². The van der Waals surface area contributed by atoms with Crippen molar-refractivity contribution in [3.8, 4) is 17.2 Å². The van der Waals surface area contributed by atoms with Crippen LogP contribution in [0.2, 0.25) is 0 Å². The quantitative estimate of drug-likeness (QED) is 0.322. The number of rotatable bonds is 13. The smallest absolute Gasteiger partial charge is 0.244 e. The summed E-state index contributed by atoms with van der Waals surface area (Å²) in [7, 11) is -2.35. The zero-order valence-corrected chi connectivity index (χ0v) is 24.9. The van der Waals surface area contributed by atoms with Gasteiger partial charge in [0, 0.05) is 25.6 Å². The monoisotopic (exact) mass is 595 g/mol. The molecule has 0 aliphatic carbocycles. The molecular weight excluding hydrogens is 558 g/mol. The number of benzene rings is 3. The van der Waals surface area contributed by atoms with Crippen molar-refractivity contribution in [2.45, 2.75) is 32.9 Å². The lowest BCUT2D eigenvalue weighted by Crippen LogP contribution is -2.53. The van der Waals surface area contributed by atoms with Crippen LogP contribution in [0.5, 0.6) is 17.2 Å². The number of carbonyl (C=O) groups excluding carboxylic acids is 2. The van der Waals surface area contributed by atoms with Gasteiger partial charge in [0.1, 0.15) is 31.5 Å². The molecule has 0 aromatic heterocycles. The number of fused-ring (bicyclic) bond motifs is 1. The van der Waals surface area contributed by atoms with Gasteiger partial charge in [0.25, 0.3) is 0 Å². The number of hydrogen-bond acceptors (Lipinski definition) is 7. The molecule has 4 rings (SSSR count). The number of anilines is 1. The predicted octanol–water partition coefficient (Wildman–Crippen LogP) is 3.40. The summed E-state index contributed by atoms with van der Waals surface area (Å²) in [4.78, 5) is 29.2. The van der Waals surface area contributed by atoms with E-state index in [1.165, 1.54) is 11.8 Å². The van der Waals surface area contributed by atoms with Gasteiger partial charge in [-0.15, -0.1) is 0 Å². The van der Waals surface area contributed by atoms with Gasteiger partial charge in [-0.2, -0.15) is 0 Å². The van der Waals surface area contributed by atoms with Crippen LogP contribution in [-0.2, 0) is 32.6 Å². The Morgan fingerprint density at radius 1 is 0.929 bits per heavy atom. The Morgan fingerprint density at radius 3 is 2.33 bits per heavy atom. The van der Waals surface area contributed by atoms with Crippen LogP contribution in [0.4, 0.5) is 5.69 Å². The minimum Gasteiger partial charge on any atom is -0.497 e. The van der Waals surface area contributed by atoms with Gasteiger partial charge in [-0.1, -0.05) is 42.5 Å². The second-order valence-electron chi connectivity index (χ2n) is 9.71. The van der Waals surface area contributed by atoms with Gasteiger partial charge in [-0.05, 0) is 49.2 Å². The predicted molar refractivity (Wildman–Crippen MR) is 160 cm³/mol. The molecule has 1 aliphatic rings. The highest BCUT2D eigenvalue weighted by molar-refractivity contribution is 7.92. The van der Waals surface area contributed by atoms with Crippen molar-refractivity contribution in [3.05, 3.63) is 83.9 Å². The minimum atomic E-state index is -3.90. The van der Waals surface area contributed by atoms with E-state index in [4.69, 9.17) is 14.2 Å². The number of methoxy groups -OCH3 is 1. The van der Waals surface area contributed by atoms with Crippen LogP contribution in [0, 0.1) is 0 Å². The molecule has 3 aromatic rings. The van der Waals surface area contributed by atoms with E-state index in [-0.39, 0.29) is 30.3 Å². The fourth-order valence-corrected chi connectivity index (χ4v) is 5.77. The number of carbonyl (C=O) groups is 2. The zero-order valence-electron chi connectivity index (χ0n) is 24.1. The SMILES string of the molecule is CCNC(=O)[C@@H](Cc1ccccc1)N(Cc1cccc(OC)c1)C(=O)CN(c1ccc2c(c1)OCCO2)S(=O)(=O)CC. The van der Waals surface area contributed by atoms with E-state index < -0.39 is 28.5 Å². The maximum Gasteiger partial charge on any atom is 0.244 e. The molecule has 0 spiro atoms. The van der Waals surface area contributed by atoms with Gasteiger partial charge in [-0.25, -0.2) is 8.42 Å². The Hall–Kier alpha value is -4.25. The van der Waals surface area contributed by atoms with E-state index in [1.807, 2.05) is 43.3 Å². The summed E-state index contributed by atoms with van der Waals surface area (Å²) in [5.41, 5.74) is 1.87. The van der Waals surface area contributed by atoms with Crippen molar-refractivity contribution in [1.82, 2.24) is 10.2 Å². The molecular formula is C31H37N3O7S. The average Bonchev–Trinajstić information content (AvgIpc) is 3.01. The van der Waals surface area contributed by atoms with Crippen molar-refractivity contribution >= 4 is 27.5 Å². The second kappa shape index (κ2) is 14.1. The summed E-state index contributed by atoms with van der Waals surface area (Å²) in [6.07, 6.45) is 0.243. The summed E-state index contributed by atoms with van der Waals surface area (Å²) in [6, 6.07) is 20.5. The fraction of sp³-hybridized carbons (Fsp3) is 0.355. The van der Waals surface area contributed by atoms with Gasteiger partial charge in [0.2, 0.25) is 21.8 Å². The molecule has 0 saturated heterocycles. The lowest BCUT2D eigenvalue weighted by molar-refractivity contribution is -0.140. The number of likely N-dealkylation sites (N-methyl/N-ethyl adjacent to an activating group) is 1.